The summed E-state index contributed by atoms with van der Waals surface area (Å²) in [6.45, 7) is 8.82. The summed E-state index contributed by atoms with van der Waals surface area (Å²) in [5.41, 5.74) is 1.20. The van der Waals surface area contributed by atoms with E-state index < -0.39 is 5.97 Å². The number of halogens is 1. The van der Waals surface area contributed by atoms with Crippen molar-refractivity contribution in [1.82, 2.24) is 0 Å². The molecule has 4 rings (SSSR count). The molecule has 3 nitrogen and oxygen atoms in total. The molecule has 2 aliphatic carbocycles. The van der Waals surface area contributed by atoms with Crippen LogP contribution in [0.5, 0.6) is 5.75 Å². The van der Waals surface area contributed by atoms with Gasteiger partial charge in [-0.05, 0) is 91.2 Å². The molecule has 0 heterocycles. The van der Waals surface area contributed by atoms with Gasteiger partial charge in [0.15, 0.2) is 0 Å². The predicted molar refractivity (Wildman–Crippen MR) is 141 cm³/mol. The number of rotatable bonds is 9. The number of ether oxygens (including phenoxy) is 1. The number of fused-ring (bicyclic) bond motifs is 1. The maximum absolute atomic E-state index is 11.4. The zero-order chi connectivity index (χ0) is 24.5. The molecule has 2 aliphatic rings. The molecule has 0 bridgehead atoms. The third kappa shape index (κ3) is 5.25. The van der Waals surface area contributed by atoms with E-state index in [9.17, 15) is 9.90 Å². The van der Waals surface area contributed by atoms with Gasteiger partial charge in [-0.3, -0.25) is 4.79 Å². The van der Waals surface area contributed by atoms with Crippen molar-refractivity contribution in [3.05, 3.63) is 40.9 Å². The molecule has 1 N–H and O–H groups in total. The van der Waals surface area contributed by atoms with E-state index in [2.05, 4.69) is 52.0 Å². The van der Waals surface area contributed by atoms with Gasteiger partial charge in [-0.2, -0.15) is 0 Å². The van der Waals surface area contributed by atoms with Gasteiger partial charge >= 0.3 is 5.97 Å². The van der Waals surface area contributed by atoms with Gasteiger partial charge in [0.2, 0.25) is 0 Å². The Morgan fingerprint density at radius 2 is 1.88 bits per heavy atom. The molecule has 34 heavy (non-hydrogen) atoms. The van der Waals surface area contributed by atoms with Gasteiger partial charge in [0.1, 0.15) is 5.75 Å². The highest BCUT2D eigenvalue weighted by molar-refractivity contribution is 6.37. The van der Waals surface area contributed by atoms with Crippen LogP contribution in [0, 0.1) is 29.1 Å². The van der Waals surface area contributed by atoms with Gasteiger partial charge in [-0.25, -0.2) is 0 Å². The average Bonchev–Trinajstić information content (AvgIpc) is 2.80. The molecule has 3 unspecified atom stereocenters. The van der Waals surface area contributed by atoms with Crippen LogP contribution in [0.3, 0.4) is 0 Å². The largest absolute Gasteiger partial charge is 0.489 e. The number of aryl methyl sites for hydroxylation is 1. The van der Waals surface area contributed by atoms with Crippen molar-refractivity contribution in [2.75, 3.05) is 0 Å². The Labute approximate surface area is 210 Å². The van der Waals surface area contributed by atoms with Crippen molar-refractivity contribution in [2.24, 2.45) is 29.1 Å². The molecule has 0 amide bonds. The summed E-state index contributed by atoms with van der Waals surface area (Å²) in [7, 11) is 0. The molecule has 0 aromatic heterocycles. The second-order valence-corrected chi connectivity index (χ2v) is 11.9. The summed E-state index contributed by atoms with van der Waals surface area (Å²) in [6.07, 6.45) is 10.3. The maximum Gasteiger partial charge on any atom is 0.307 e. The lowest BCUT2D eigenvalue weighted by Crippen LogP contribution is -2.51. The molecule has 2 aromatic rings. The summed E-state index contributed by atoms with van der Waals surface area (Å²) in [5, 5.41) is 12.4. The molecule has 0 radical (unpaired) electrons. The van der Waals surface area contributed by atoms with Gasteiger partial charge in [0, 0.05) is 5.39 Å². The average molecular weight is 485 g/mol. The first-order valence-corrected chi connectivity index (χ1v) is 13.7. The number of hydrogen-bond donors (Lipinski definition) is 1. The molecule has 186 valence electrons. The lowest BCUT2D eigenvalue weighted by Gasteiger charge is -2.53. The molecule has 2 saturated carbocycles. The van der Waals surface area contributed by atoms with Gasteiger partial charge in [-0.1, -0.05) is 70.3 Å². The lowest BCUT2D eigenvalue weighted by atomic mass is 9.51. The fourth-order valence-electron chi connectivity index (χ4n) is 6.57. The second kappa shape index (κ2) is 10.5. The molecular weight excluding hydrogens is 444 g/mol. The highest BCUT2D eigenvalue weighted by Crippen LogP contribution is 2.55. The van der Waals surface area contributed by atoms with Crippen molar-refractivity contribution >= 4 is 28.3 Å². The van der Waals surface area contributed by atoms with Crippen LogP contribution >= 0.6 is 11.6 Å². The van der Waals surface area contributed by atoms with E-state index >= 15 is 0 Å². The van der Waals surface area contributed by atoms with E-state index in [1.807, 2.05) is 6.07 Å². The van der Waals surface area contributed by atoms with Crippen molar-refractivity contribution < 1.29 is 14.6 Å². The van der Waals surface area contributed by atoms with Crippen molar-refractivity contribution in [3.63, 3.8) is 0 Å². The Balaban J connectivity index is 1.35. The molecule has 2 aromatic carbocycles. The van der Waals surface area contributed by atoms with E-state index in [1.165, 1.54) is 24.8 Å². The van der Waals surface area contributed by atoms with E-state index in [4.69, 9.17) is 16.3 Å². The van der Waals surface area contributed by atoms with Crippen molar-refractivity contribution in [2.45, 2.75) is 91.6 Å². The summed E-state index contributed by atoms with van der Waals surface area (Å²) < 4.78 is 6.36. The SMILES string of the molecule is CCC1CCC(Oc2ccc3ccc(CCCC(C)C4CC(C(=O)O)C4(C)C)cc3c2Cl)CC1. The number of carboxylic acid groups (broad SMARTS) is 1. The minimum atomic E-state index is -0.640. The molecule has 0 saturated heterocycles. The first kappa shape index (κ1) is 25.4. The smallest absolute Gasteiger partial charge is 0.307 e. The molecule has 4 heteroatoms. The van der Waals surface area contributed by atoms with Crippen LogP contribution in [-0.4, -0.2) is 17.2 Å². The Morgan fingerprint density at radius 3 is 2.53 bits per heavy atom. The highest BCUT2D eigenvalue weighted by atomic mass is 35.5. The maximum atomic E-state index is 11.4. The number of aliphatic carboxylic acids is 1. The van der Waals surface area contributed by atoms with Crippen LogP contribution in [0.4, 0.5) is 0 Å². The molecular formula is C30H41ClO3. The van der Waals surface area contributed by atoms with Gasteiger partial charge in [0.05, 0.1) is 17.0 Å². The van der Waals surface area contributed by atoms with Crippen molar-refractivity contribution in [3.8, 4) is 5.75 Å². The normalized spacial score (nSPS) is 27.2. The Bertz CT molecular complexity index is 1010. The van der Waals surface area contributed by atoms with Crippen LogP contribution in [0.15, 0.2) is 30.3 Å². The second-order valence-electron chi connectivity index (χ2n) is 11.5. The molecule has 0 spiro atoms. The van der Waals surface area contributed by atoms with Crippen LogP contribution in [0.1, 0.15) is 84.6 Å². The zero-order valence-electron chi connectivity index (χ0n) is 21.3. The van der Waals surface area contributed by atoms with Crippen LogP contribution in [-0.2, 0) is 11.2 Å². The van der Waals surface area contributed by atoms with E-state index in [-0.39, 0.29) is 17.4 Å². The lowest BCUT2D eigenvalue weighted by molar-refractivity contribution is -0.162. The zero-order valence-corrected chi connectivity index (χ0v) is 22.0. The van der Waals surface area contributed by atoms with E-state index in [0.717, 1.165) is 66.0 Å². The monoisotopic (exact) mass is 484 g/mol. The first-order chi connectivity index (χ1) is 16.2. The number of carbonyl (C=O) groups is 1. The van der Waals surface area contributed by atoms with Gasteiger partial charge < -0.3 is 9.84 Å². The van der Waals surface area contributed by atoms with Gasteiger partial charge in [0.25, 0.3) is 0 Å². The third-order valence-electron chi connectivity index (χ3n) is 9.10. The number of benzene rings is 2. The minimum absolute atomic E-state index is 0.103. The molecule has 3 atom stereocenters. The Morgan fingerprint density at radius 1 is 1.18 bits per heavy atom. The standard InChI is InChI=1S/C30H41ClO3/c1-5-20-10-14-23(15-11-20)34-27-16-13-22-12-9-21(17-24(22)28(27)31)8-6-7-19(2)25-18-26(29(32)33)30(25,3)4/h9,12-13,16-17,19-20,23,25-26H,5-8,10-11,14-15,18H2,1-4H3,(H,32,33). The highest BCUT2D eigenvalue weighted by Gasteiger charge is 2.53. The first-order valence-electron chi connectivity index (χ1n) is 13.3. The fourth-order valence-corrected chi connectivity index (χ4v) is 6.84. The fraction of sp³-hybridized carbons (Fsp3) is 0.633. The van der Waals surface area contributed by atoms with E-state index in [1.54, 1.807) is 0 Å². The molecule has 0 aliphatic heterocycles. The summed E-state index contributed by atoms with van der Waals surface area (Å²) in [5.74, 6) is 1.87. The van der Waals surface area contributed by atoms with Crippen LogP contribution in [0.25, 0.3) is 10.8 Å². The van der Waals surface area contributed by atoms with E-state index in [0.29, 0.717) is 11.8 Å². The summed E-state index contributed by atoms with van der Waals surface area (Å²) in [6, 6.07) is 10.8. The number of carboxylic acids is 1. The van der Waals surface area contributed by atoms with Crippen molar-refractivity contribution in [1.29, 1.82) is 0 Å². The predicted octanol–water partition coefficient (Wildman–Crippen LogP) is 8.55. The summed E-state index contributed by atoms with van der Waals surface area (Å²) >= 11 is 6.84. The topological polar surface area (TPSA) is 46.5 Å². The minimum Gasteiger partial charge on any atom is -0.489 e. The quantitative estimate of drug-likeness (QED) is 0.387. The third-order valence-corrected chi connectivity index (χ3v) is 9.49. The number of hydrogen-bond acceptors (Lipinski definition) is 2. The Kier molecular flexibility index (Phi) is 7.82. The van der Waals surface area contributed by atoms with Crippen LogP contribution in [0.2, 0.25) is 5.02 Å². The van der Waals surface area contributed by atoms with Crippen LogP contribution < -0.4 is 4.74 Å². The molecule has 2 fully saturated rings. The summed E-state index contributed by atoms with van der Waals surface area (Å²) in [4.78, 5) is 11.4. The van der Waals surface area contributed by atoms with Gasteiger partial charge in [-0.15, -0.1) is 0 Å². The Hall–Kier alpha value is -1.74.